The number of carbonyl (C=O) groups is 1. The first-order valence-electron chi connectivity index (χ1n) is 6.05. The largest absolute Gasteiger partial charge is 0.374 e. The van der Waals surface area contributed by atoms with Crippen LogP contribution < -0.4 is 4.90 Å². The molecule has 1 aliphatic carbocycles. The maximum absolute atomic E-state index is 11.8. The highest BCUT2D eigenvalue weighted by atomic mass is 16.1. The lowest BCUT2D eigenvalue weighted by atomic mass is 10.1. The summed E-state index contributed by atoms with van der Waals surface area (Å²) in [4.78, 5) is 14.0. The van der Waals surface area contributed by atoms with Crippen LogP contribution >= 0.6 is 0 Å². The van der Waals surface area contributed by atoms with Crippen LogP contribution in [0.5, 0.6) is 0 Å². The lowest BCUT2D eigenvalue weighted by Crippen LogP contribution is -2.22. The SMILES string of the molecule is CCC(=O)c1ccccc1N(C)CC1CC1. The summed E-state index contributed by atoms with van der Waals surface area (Å²) in [6.45, 7) is 2.99. The van der Waals surface area contributed by atoms with Crippen LogP contribution in [0.15, 0.2) is 24.3 Å². The van der Waals surface area contributed by atoms with E-state index in [0.717, 1.165) is 23.7 Å². The van der Waals surface area contributed by atoms with Gasteiger partial charge in [0.2, 0.25) is 0 Å². The van der Waals surface area contributed by atoms with Crippen molar-refractivity contribution in [1.82, 2.24) is 0 Å². The zero-order valence-corrected chi connectivity index (χ0v) is 10.1. The third kappa shape index (κ3) is 2.43. The Morgan fingerprint density at radius 3 is 2.69 bits per heavy atom. The van der Waals surface area contributed by atoms with Crippen LogP contribution in [0.2, 0.25) is 0 Å². The van der Waals surface area contributed by atoms with Gasteiger partial charge in [0.05, 0.1) is 0 Å². The highest BCUT2D eigenvalue weighted by Gasteiger charge is 2.24. The van der Waals surface area contributed by atoms with E-state index < -0.39 is 0 Å². The number of rotatable bonds is 5. The van der Waals surface area contributed by atoms with E-state index in [0.29, 0.717) is 6.42 Å². The summed E-state index contributed by atoms with van der Waals surface area (Å²) in [6.07, 6.45) is 3.26. The van der Waals surface area contributed by atoms with Crippen LogP contribution in [0.3, 0.4) is 0 Å². The molecule has 2 nitrogen and oxygen atoms in total. The van der Waals surface area contributed by atoms with Crippen LogP contribution in [0.1, 0.15) is 36.5 Å². The lowest BCUT2D eigenvalue weighted by molar-refractivity contribution is 0.0988. The molecule has 0 aromatic heterocycles. The molecule has 0 saturated heterocycles. The van der Waals surface area contributed by atoms with Gasteiger partial charge >= 0.3 is 0 Å². The second-order valence-corrected chi connectivity index (χ2v) is 4.62. The van der Waals surface area contributed by atoms with Gasteiger partial charge in [0.1, 0.15) is 0 Å². The number of nitrogens with zero attached hydrogens (tertiary/aromatic N) is 1. The minimum Gasteiger partial charge on any atom is -0.374 e. The molecule has 0 heterocycles. The average Bonchev–Trinajstić information content (AvgIpc) is 3.12. The first-order chi connectivity index (χ1) is 7.72. The van der Waals surface area contributed by atoms with Gasteiger partial charge in [-0.15, -0.1) is 0 Å². The summed E-state index contributed by atoms with van der Waals surface area (Å²) in [7, 11) is 2.08. The number of anilines is 1. The van der Waals surface area contributed by atoms with Crippen molar-refractivity contribution in [2.45, 2.75) is 26.2 Å². The van der Waals surface area contributed by atoms with E-state index in [4.69, 9.17) is 0 Å². The van der Waals surface area contributed by atoms with Crippen molar-refractivity contribution in [3.05, 3.63) is 29.8 Å². The van der Waals surface area contributed by atoms with Crippen LogP contribution in [0.25, 0.3) is 0 Å². The number of Topliss-reactive ketones (excluding diaryl/α,β-unsaturated/α-hetero) is 1. The van der Waals surface area contributed by atoms with E-state index in [1.54, 1.807) is 0 Å². The van der Waals surface area contributed by atoms with Gasteiger partial charge in [-0.1, -0.05) is 19.1 Å². The molecular formula is C14H19NO. The van der Waals surface area contributed by atoms with Crippen molar-refractivity contribution in [2.24, 2.45) is 5.92 Å². The Morgan fingerprint density at radius 2 is 2.06 bits per heavy atom. The Labute approximate surface area is 97.3 Å². The predicted octanol–water partition coefficient (Wildman–Crippen LogP) is 3.13. The van der Waals surface area contributed by atoms with Crippen molar-refractivity contribution >= 4 is 11.5 Å². The summed E-state index contributed by atoms with van der Waals surface area (Å²) >= 11 is 0. The quantitative estimate of drug-likeness (QED) is 0.706. The number of hydrogen-bond donors (Lipinski definition) is 0. The molecule has 0 bridgehead atoms. The average molecular weight is 217 g/mol. The van der Waals surface area contributed by atoms with Gasteiger partial charge in [-0.05, 0) is 30.9 Å². The molecule has 0 spiro atoms. The number of benzene rings is 1. The van der Waals surface area contributed by atoms with Gasteiger partial charge in [0, 0.05) is 31.3 Å². The Hall–Kier alpha value is -1.31. The smallest absolute Gasteiger partial charge is 0.164 e. The maximum Gasteiger partial charge on any atom is 0.164 e. The van der Waals surface area contributed by atoms with Crippen LogP contribution in [0, 0.1) is 5.92 Å². The molecule has 16 heavy (non-hydrogen) atoms. The Balaban J connectivity index is 2.20. The molecule has 2 heteroatoms. The van der Waals surface area contributed by atoms with Crippen molar-refractivity contribution in [1.29, 1.82) is 0 Å². The molecule has 86 valence electrons. The van der Waals surface area contributed by atoms with Gasteiger partial charge in [0.15, 0.2) is 5.78 Å². The molecule has 1 aliphatic rings. The minimum absolute atomic E-state index is 0.234. The van der Waals surface area contributed by atoms with E-state index in [1.165, 1.54) is 12.8 Å². The van der Waals surface area contributed by atoms with E-state index in [9.17, 15) is 4.79 Å². The second kappa shape index (κ2) is 4.69. The van der Waals surface area contributed by atoms with E-state index in [-0.39, 0.29) is 5.78 Å². The first-order valence-corrected chi connectivity index (χ1v) is 6.05. The highest BCUT2D eigenvalue weighted by molar-refractivity contribution is 6.01. The molecule has 0 amide bonds. The second-order valence-electron chi connectivity index (χ2n) is 4.62. The Bertz CT molecular complexity index is 382. The third-order valence-corrected chi connectivity index (χ3v) is 3.17. The fourth-order valence-electron chi connectivity index (χ4n) is 2.02. The van der Waals surface area contributed by atoms with Crippen LogP contribution in [-0.4, -0.2) is 19.4 Å². The number of para-hydroxylation sites is 1. The molecule has 1 aromatic rings. The van der Waals surface area contributed by atoms with Gasteiger partial charge in [0.25, 0.3) is 0 Å². The molecule has 1 fully saturated rings. The molecule has 0 atom stereocenters. The zero-order chi connectivity index (χ0) is 11.5. The normalized spacial score (nSPS) is 14.9. The molecule has 0 radical (unpaired) electrons. The minimum atomic E-state index is 0.234. The summed E-state index contributed by atoms with van der Waals surface area (Å²) in [5, 5.41) is 0. The fraction of sp³-hybridized carbons (Fsp3) is 0.500. The first kappa shape index (κ1) is 11.2. The molecule has 1 aromatic carbocycles. The van der Waals surface area contributed by atoms with E-state index >= 15 is 0 Å². The lowest BCUT2D eigenvalue weighted by Gasteiger charge is -2.21. The highest BCUT2D eigenvalue weighted by Crippen LogP contribution is 2.31. The molecule has 1 saturated carbocycles. The van der Waals surface area contributed by atoms with Gasteiger partial charge in [-0.3, -0.25) is 4.79 Å². The number of ketones is 1. The zero-order valence-electron chi connectivity index (χ0n) is 10.1. The maximum atomic E-state index is 11.8. The summed E-state index contributed by atoms with van der Waals surface area (Å²) < 4.78 is 0. The van der Waals surface area contributed by atoms with Crippen molar-refractivity contribution in [3.63, 3.8) is 0 Å². The van der Waals surface area contributed by atoms with Crippen molar-refractivity contribution < 1.29 is 4.79 Å². The predicted molar refractivity (Wildman–Crippen MR) is 67.1 cm³/mol. The molecule has 0 aliphatic heterocycles. The molecule has 0 N–H and O–H groups in total. The van der Waals surface area contributed by atoms with E-state index in [2.05, 4.69) is 11.9 Å². The Morgan fingerprint density at radius 1 is 1.38 bits per heavy atom. The molecule has 2 rings (SSSR count). The molecular weight excluding hydrogens is 198 g/mol. The molecule has 0 unspecified atom stereocenters. The fourth-order valence-corrected chi connectivity index (χ4v) is 2.02. The Kier molecular flexibility index (Phi) is 3.28. The third-order valence-electron chi connectivity index (χ3n) is 3.17. The summed E-state index contributed by atoms with van der Waals surface area (Å²) in [5.41, 5.74) is 1.95. The van der Waals surface area contributed by atoms with Crippen LogP contribution in [-0.2, 0) is 0 Å². The monoisotopic (exact) mass is 217 g/mol. The van der Waals surface area contributed by atoms with Crippen LogP contribution in [0.4, 0.5) is 5.69 Å². The number of carbonyl (C=O) groups excluding carboxylic acids is 1. The van der Waals surface area contributed by atoms with E-state index in [1.807, 2.05) is 31.2 Å². The van der Waals surface area contributed by atoms with Gasteiger partial charge in [-0.25, -0.2) is 0 Å². The van der Waals surface area contributed by atoms with Crippen molar-refractivity contribution in [2.75, 3.05) is 18.5 Å². The summed E-state index contributed by atoms with van der Waals surface area (Å²) in [6, 6.07) is 7.93. The standard InChI is InChI=1S/C14H19NO/c1-3-14(16)12-6-4-5-7-13(12)15(2)10-11-8-9-11/h4-7,11H,3,8-10H2,1-2H3. The van der Waals surface area contributed by atoms with Crippen molar-refractivity contribution in [3.8, 4) is 0 Å². The summed E-state index contributed by atoms with van der Waals surface area (Å²) in [5.74, 6) is 1.08. The number of hydrogen-bond acceptors (Lipinski definition) is 2. The van der Waals surface area contributed by atoms with Gasteiger partial charge in [-0.2, -0.15) is 0 Å². The van der Waals surface area contributed by atoms with Gasteiger partial charge < -0.3 is 4.90 Å². The topological polar surface area (TPSA) is 20.3 Å².